The Morgan fingerprint density at radius 3 is 2.65 bits per heavy atom. The van der Waals surface area contributed by atoms with E-state index in [1.54, 1.807) is 12.1 Å². The van der Waals surface area contributed by atoms with Gasteiger partial charge >= 0.3 is 6.18 Å². The molecule has 1 aliphatic rings. The van der Waals surface area contributed by atoms with Crippen molar-refractivity contribution >= 4 is 22.5 Å². The first-order valence-electron chi connectivity index (χ1n) is 9.92. The Hall–Kier alpha value is -3.14. The molecule has 164 valence electrons. The van der Waals surface area contributed by atoms with Crippen LogP contribution in [-0.4, -0.2) is 33.8 Å². The predicted octanol–water partition coefficient (Wildman–Crippen LogP) is 4.15. The lowest BCUT2D eigenvalue weighted by molar-refractivity contribution is -0.141. The number of pyridine rings is 1. The lowest BCUT2D eigenvalue weighted by Gasteiger charge is -2.26. The molecular formula is C21H22F3N5O2. The van der Waals surface area contributed by atoms with E-state index in [1.807, 2.05) is 10.9 Å². The van der Waals surface area contributed by atoms with Crippen LogP contribution in [0.15, 0.2) is 36.5 Å². The van der Waals surface area contributed by atoms with Gasteiger partial charge in [0, 0.05) is 23.7 Å². The molecule has 7 nitrogen and oxygen atoms in total. The normalized spacial score (nSPS) is 19.4. The molecule has 1 saturated carbocycles. The highest BCUT2D eigenvalue weighted by Gasteiger charge is 2.33. The fourth-order valence-electron chi connectivity index (χ4n) is 3.80. The minimum absolute atomic E-state index is 0.229. The summed E-state index contributed by atoms with van der Waals surface area (Å²) in [6.45, 7) is 0. The Labute approximate surface area is 176 Å². The molecule has 0 saturated heterocycles. The number of carbonyl (C=O) groups excluding carboxylic acids is 1. The van der Waals surface area contributed by atoms with Gasteiger partial charge in [0.15, 0.2) is 0 Å². The van der Waals surface area contributed by atoms with Crippen LogP contribution in [0, 0.1) is 0 Å². The van der Waals surface area contributed by atoms with Crippen molar-refractivity contribution in [1.29, 1.82) is 0 Å². The van der Waals surface area contributed by atoms with Crippen LogP contribution in [0.3, 0.4) is 0 Å². The van der Waals surface area contributed by atoms with Crippen molar-refractivity contribution in [3.63, 3.8) is 0 Å². The van der Waals surface area contributed by atoms with Crippen LogP contribution in [-0.2, 0) is 6.18 Å². The lowest BCUT2D eigenvalue weighted by Crippen LogP contribution is -2.27. The molecule has 1 amide bonds. The first kappa shape index (κ1) is 21.1. The van der Waals surface area contributed by atoms with Gasteiger partial charge in [-0.25, -0.2) is 4.98 Å². The number of nitrogens with two attached hydrogens (primary N) is 1. The smallest absolute Gasteiger partial charge is 0.433 e. The fraction of sp³-hybridized carbons (Fsp3) is 0.381. The zero-order chi connectivity index (χ0) is 22.2. The van der Waals surface area contributed by atoms with Gasteiger partial charge in [0.2, 0.25) is 0 Å². The SMILES string of the molecule is COc1cc2nn([C@H]3CC[C@H](N)CC3)cc2cc1NC(=O)c1cccc(C(F)(F)F)n1. The molecule has 0 atom stereocenters. The Bertz CT molecular complexity index is 1100. The average Bonchev–Trinajstić information content (AvgIpc) is 3.16. The molecule has 3 N–H and O–H groups in total. The van der Waals surface area contributed by atoms with Crippen LogP contribution < -0.4 is 15.8 Å². The number of nitrogens with zero attached hydrogens (tertiary/aromatic N) is 3. The van der Waals surface area contributed by atoms with Crippen molar-refractivity contribution in [3.05, 3.63) is 47.9 Å². The third-order valence-corrected chi connectivity index (χ3v) is 5.48. The summed E-state index contributed by atoms with van der Waals surface area (Å²) in [5, 5.41) is 8.01. The molecule has 2 aromatic heterocycles. The first-order valence-corrected chi connectivity index (χ1v) is 9.92. The van der Waals surface area contributed by atoms with Crippen molar-refractivity contribution in [2.24, 2.45) is 5.73 Å². The monoisotopic (exact) mass is 433 g/mol. The summed E-state index contributed by atoms with van der Waals surface area (Å²) in [6, 6.07) is 7.05. The molecule has 0 spiro atoms. The van der Waals surface area contributed by atoms with Gasteiger partial charge < -0.3 is 15.8 Å². The topological polar surface area (TPSA) is 95.1 Å². The third-order valence-electron chi connectivity index (χ3n) is 5.48. The van der Waals surface area contributed by atoms with Gasteiger partial charge in [-0.2, -0.15) is 18.3 Å². The standard InChI is InChI=1S/C21H22F3N5O2/c1-31-18-10-16-12(11-29(28-16)14-7-5-13(25)6-8-14)9-17(18)27-20(30)15-3-2-4-19(26-15)21(22,23)24/h2-4,9-11,13-14H,5-8,25H2,1H3,(H,27,30)/t13-,14-. The van der Waals surface area contributed by atoms with E-state index >= 15 is 0 Å². The molecule has 2 heterocycles. The van der Waals surface area contributed by atoms with E-state index in [2.05, 4.69) is 15.4 Å². The van der Waals surface area contributed by atoms with Crippen LogP contribution in [0.4, 0.5) is 18.9 Å². The van der Waals surface area contributed by atoms with Crippen LogP contribution in [0.2, 0.25) is 0 Å². The molecule has 1 aromatic carbocycles. The Morgan fingerprint density at radius 2 is 1.97 bits per heavy atom. The highest BCUT2D eigenvalue weighted by Crippen LogP contribution is 2.33. The summed E-state index contributed by atoms with van der Waals surface area (Å²) in [6.07, 6.45) is 1.03. The van der Waals surface area contributed by atoms with E-state index in [0.29, 0.717) is 17.0 Å². The molecule has 4 rings (SSSR count). The zero-order valence-corrected chi connectivity index (χ0v) is 16.8. The number of fused-ring (bicyclic) bond motifs is 1. The van der Waals surface area contributed by atoms with Gasteiger partial charge in [-0.15, -0.1) is 0 Å². The molecule has 0 unspecified atom stereocenters. The van der Waals surface area contributed by atoms with Crippen LogP contribution in [0.1, 0.15) is 47.9 Å². The third kappa shape index (κ3) is 4.48. The molecule has 10 heteroatoms. The van der Waals surface area contributed by atoms with Gasteiger partial charge in [-0.05, 0) is 43.9 Å². The maximum Gasteiger partial charge on any atom is 0.433 e. The number of ether oxygens (including phenoxy) is 1. The molecule has 31 heavy (non-hydrogen) atoms. The largest absolute Gasteiger partial charge is 0.494 e. The second kappa shape index (κ2) is 8.18. The fourth-order valence-corrected chi connectivity index (χ4v) is 3.80. The van der Waals surface area contributed by atoms with E-state index in [9.17, 15) is 18.0 Å². The molecule has 1 fully saturated rings. The highest BCUT2D eigenvalue weighted by atomic mass is 19.4. The number of alkyl halides is 3. The first-order chi connectivity index (χ1) is 14.7. The van der Waals surface area contributed by atoms with Gasteiger partial charge in [0.25, 0.3) is 5.91 Å². The summed E-state index contributed by atoms with van der Waals surface area (Å²) in [7, 11) is 1.44. The van der Waals surface area contributed by atoms with Gasteiger partial charge in [0.05, 0.1) is 24.4 Å². The summed E-state index contributed by atoms with van der Waals surface area (Å²) >= 11 is 0. The van der Waals surface area contributed by atoms with Crippen molar-refractivity contribution in [2.45, 2.75) is 43.9 Å². The quantitative estimate of drug-likeness (QED) is 0.645. The Morgan fingerprint density at radius 1 is 1.23 bits per heavy atom. The summed E-state index contributed by atoms with van der Waals surface area (Å²) in [5.74, 6) is -0.416. The maximum absolute atomic E-state index is 12.9. The van der Waals surface area contributed by atoms with Crippen molar-refractivity contribution in [2.75, 3.05) is 12.4 Å². The van der Waals surface area contributed by atoms with Crippen molar-refractivity contribution < 1.29 is 22.7 Å². The molecule has 1 aliphatic carbocycles. The number of hydrogen-bond donors (Lipinski definition) is 2. The highest BCUT2D eigenvalue weighted by molar-refractivity contribution is 6.05. The van der Waals surface area contributed by atoms with E-state index in [4.69, 9.17) is 10.5 Å². The number of methoxy groups -OCH3 is 1. The van der Waals surface area contributed by atoms with E-state index < -0.39 is 17.8 Å². The number of benzene rings is 1. The molecular weight excluding hydrogens is 411 g/mol. The second-order valence-corrected chi connectivity index (χ2v) is 7.65. The average molecular weight is 433 g/mol. The number of hydrogen-bond acceptors (Lipinski definition) is 5. The number of amides is 1. The minimum atomic E-state index is -4.63. The van der Waals surface area contributed by atoms with Crippen LogP contribution >= 0.6 is 0 Å². The molecule has 0 radical (unpaired) electrons. The van der Waals surface area contributed by atoms with Crippen molar-refractivity contribution in [3.8, 4) is 5.75 Å². The summed E-state index contributed by atoms with van der Waals surface area (Å²) < 4.78 is 46.0. The van der Waals surface area contributed by atoms with E-state index in [0.717, 1.165) is 43.2 Å². The van der Waals surface area contributed by atoms with E-state index in [1.165, 1.54) is 13.2 Å². The number of halogens is 3. The minimum Gasteiger partial charge on any atom is -0.494 e. The van der Waals surface area contributed by atoms with Crippen LogP contribution in [0.25, 0.3) is 10.9 Å². The lowest BCUT2D eigenvalue weighted by atomic mass is 9.92. The Balaban J connectivity index is 1.60. The van der Waals surface area contributed by atoms with Gasteiger partial charge in [-0.1, -0.05) is 6.07 Å². The maximum atomic E-state index is 12.9. The number of rotatable bonds is 4. The summed E-state index contributed by atoms with van der Waals surface area (Å²) in [5.41, 5.74) is 5.53. The number of nitrogens with one attached hydrogen (secondary N) is 1. The number of anilines is 1. The Kier molecular flexibility index (Phi) is 5.57. The predicted molar refractivity (Wildman–Crippen MR) is 109 cm³/mol. The number of aromatic nitrogens is 3. The van der Waals surface area contributed by atoms with Gasteiger partial charge in [-0.3, -0.25) is 9.48 Å². The molecule has 0 bridgehead atoms. The number of carbonyl (C=O) groups is 1. The zero-order valence-electron chi connectivity index (χ0n) is 16.8. The van der Waals surface area contributed by atoms with Crippen LogP contribution in [0.5, 0.6) is 5.75 Å². The van der Waals surface area contributed by atoms with E-state index in [-0.39, 0.29) is 17.8 Å². The second-order valence-electron chi connectivity index (χ2n) is 7.65. The molecule has 0 aliphatic heterocycles. The van der Waals surface area contributed by atoms with Gasteiger partial charge in [0.1, 0.15) is 17.1 Å². The van der Waals surface area contributed by atoms with Crippen molar-refractivity contribution in [1.82, 2.24) is 14.8 Å². The summed E-state index contributed by atoms with van der Waals surface area (Å²) in [4.78, 5) is 16.0. The molecule has 3 aromatic rings.